The van der Waals surface area contributed by atoms with Gasteiger partial charge in [0.15, 0.2) is 0 Å². The van der Waals surface area contributed by atoms with Crippen LogP contribution in [0.3, 0.4) is 0 Å². The van der Waals surface area contributed by atoms with Crippen LogP contribution in [0.15, 0.2) is 182 Å². The van der Waals surface area contributed by atoms with Crippen molar-refractivity contribution in [2.45, 2.75) is 6.17 Å². The lowest BCUT2D eigenvalue weighted by Crippen LogP contribution is -2.18. The van der Waals surface area contributed by atoms with Crippen LogP contribution in [0.4, 0.5) is 17.2 Å². The van der Waals surface area contributed by atoms with Gasteiger partial charge in [0, 0.05) is 33.2 Å². The fourth-order valence-electron chi connectivity index (χ4n) is 7.71. The highest BCUT2D eigenvalue weighted by atomic mass is 15.4. The molecule has 9 aromatic rings. The number of para-hydroxylation sites is 3. The van der Waals surface area contributed by atoms with Gasteiger partial charge in [-0.25, -0.2) is 0 Å². The molecule has 1 aliphatic heterocycles. The van der Waals surface area contributed by atoms with Crippen molar-refractivity contribution in [2.75, 3.05) is 4.90 Å². The van der Waals surface area contributed by atoms with Crippen molar-refractivity contribution < 1.29 is 0 Å². The van der Waals surface area contributed by atoms with Crippen LogP contribution in [-0.2, 0) is 0 Å². The number of rotatable bonds is 5. The maximum Gasteiger partial charge on any atom is 0.0658 e. The minimum atomic E-state index is -0.217. The maximum absolute atomic E-state index is 5.59. The monoisotopic (exact) mass is 627 g/mol. The molecule has 2 aromatic heterocycles. The van der Waals surface area contributed by atoms with Gasteiger partial charge < -0.3 is 19.4 Å². The molecule has 0 aliphatic carbocycles. The van der Waals surface area contributed by atoms with Crippen molar-refractivity contribution in [3.8, 4) is 22.5 Å². The van der Waals surface area contributed by atoms with Gasteiger partial charge in [0.05, 0.1) is 17.2 Å². The van der Waals surface area contributed by atoms with Crippen molar-refractivity contribution >= 4 is 49.9 Å². The van der Waals surface area contributed by atoms with E-state index in [1.807, 2.05) is 0 Å². The summed E-state index contributed by atoms with van der Waals surface area (Å²) in [6, 6.07) is 65.0. The normalized spacial score (nSPS) is 14.0. The molecule has 10 rings (SSSR count). The predicted octanol–water partition coefficient (Wildman–Crippen LogP) is 12.3. The molecule has 0 spiro atoms. The summed E-state index contributed by atoms with van der Waals surface area (Å²) in [5.74, 6) is 0.964. The van der Waals surface area contributed by atoms with Crippen LogP contribution in [-0.4, -0.2) is 9.13 Å². The zero-order valence-corrected chi connectivity index (χ0v) is 26.7. The molecule has 0 radical (unpaired) electrons. The summed E-state index contributed by atoms with van der Waals surface area (Å²) in [5.41, 5.74) is 11.5. The van der Waals surface area contributed by atoms with Crippen molar-refractivity contribution in [2.24, 2.45) is 0 Å². The Labute approximate surface area is 284 Å². The molecule has 4 heteroatoms. The number of benzene rings is 7. The van der Waals surface area contributed by atoms with E-state index in [0.717, 1.165) is 39.6 Å². The zero-order chi connectivity index (χ0) is 32.3. The molecule has 0 bridgehead atoms. The summed E-state index contributed by atoms with van der Waals surface area (Å²) in [6.07, 6.45) is -0.217. The summed E-state index contributed by atoms with van der Waals surface area (Å²) in [6.45, 7) is 0. The summed E-state index contributed by atoms with van der Waals surface area (Å²) < 4.78 is 4.77. The Balaban J connectivity index is 1.38. The molecule has 1 atom stereocenters. The Morgan fingerprint density at radius 1 is 0.408 bits per heavy atom. The molecule has 232 valence electrons. The van der Waals surface area contributed by atoms with Crippen LogP contribution < -0.4 is 4.90 Å². The van der Waals surface area contributed by atoms with E-state index < -0.39 is 0 Å². The van der Waals surface area contributed by atoms with Crippen LogP contribution in [0.1, 0.15) is 11.7 Å². The van der Waals surface area contributed by atoms with Crippen LogP contribution >= 0.6 is 0 Å². The van der Waals surface area contributed by atoms with E-state index >= 15 is 0 Å². The Bertz CT molecular complexity index is 2610. The molecular weight excluding hydrogens is 597 g/mol. The first-order valence-electron chi connectivity index (χ1n) is 16.8. The second-order valence-electron chi connectivity index (χ2n) is 12.6. The highest BCUT2D eigenvalue weighted by Crippen LogP contribution is 2.60. The standard InChI is InChI=1S/C45H31N4/c1-6-16-31(17-7-1)33-26-27-38-37(30-33)41-39(47(38)34-20-10-3-11-21-34)28-29-40-42(41)43-45(48(40)35-22-12-4-13-23-35)46-44(32-18-8-2-9-19-32)49(43)36-24-14-5-15-25-36/h1-30,44H/q-1. The first-order valence-corrected chi connectivity index (χ1v) is 16.8. The quantitative estimate of drug-likeness (QED) is 0.187. The molecule has 0 fully saturated rings. The minimum Gasteiger partial charge on any atom is -0.438 e. The number of hydrogen-bond acceptors (Lipinski definition) is 1. The van der Waals surface area contributed by atoms with Gasteiger partial charge in [0.2, 0.25) is 0 Å². The van der Waals surface area contributed by atoms with E-state index in [1.165, 1.54) is 38.3 Å². The lowest BCUT2D eigenvalue weighted by Gasteiger charge is -2.31. The van der Waals surface area contributed by atoms with E-state index in [9.17, 15) is 0 Å². The highest BCUT2D eigenvalue weighted by Gasteiger charge is 2.33. The van der Waals surface area contributed by atoms with Crippen molar-refractivity contribution in [3.63, 3.8) is 0 Å². The average Bonchev–Trinajstić information content (AvgIpc) is 3.83. The fraction of sp³-hybridized carbons (Fsp3) is 0.0222. The molecule has 0 N–H and O–H groups in total. The van der Waals surface area contributed by atoms with Crippen LogP contribution in [0.25, 0.3) is 60.5 Å². The van der Waals surface area contributed by atoms with Gasteiger partial charge in [-0.2, -0.15) is 0 Å². The predicted molar refractivity (Wildman–Crippen MR) is 204 cm³/mol. The van der Waals surface area contributed by atoms with Gasteiger partial charge in [-0.3, -0.25) is 0 Å². The molecule has 49 heavy (non-hydrogen) atoms. The van der Waals surface area contributed by atoms with Crippen molar-refractivity contribution in [1.29, 1.82) is 0 Å². The first kappa shape index (κ1) is 27.6. The van der Waals surface area contributed by atoms with Crippen LogP contribution in [0.2, 0.25) is 0 Å². The molecule has 3 heterocycles. The summed E-state index contributed by atoms with van der Waals surface area (Å²) >= 11 is 0. The SMILES string of the molecule is c1ccc(-c2ccc3c(c2)c2c4c5c(n(-c6ccccc6)c4ccc2n3-c2ccccc2)[N-]C(c2ccccc2)N5c2ccccc2)cc1. The highest BCUT2D eigenvalue weighted by molar-refractivity contribution is 6.28. The number of nitrogens with zero attached hydrogens (tertiary/aromatic N) is 4. The topological polar surface area (TPSA) is 27.2 Å². The molecule has 0 saturated carbocycles. The van der Waals surface area contributed by atoms with Gasteiger partial charge in [-0.1, -0.05) is 140 Å². The lowest BCUT2D eigenvalue weighted by molar-refractivity contribution is 0.860. The third-order valence-corrected chi connectivity index (χ3v) is 9.81. The number of fused-ring (bicyclic) bond motifs is 7. The summed E-state index contributed by atoms with van der Waals surface area (Å²) in [4.78, 5) is 2.44. The Morgan fingerprint density at radius 2 is 0.918 bits per heavy atom. The number of anilines is 2. The van der Waals surface area contributed by atoms with E-state index in [4.69, 9.17) is 5.32 Å². The van der Waals surface area contributed by atoms with Crippen LogP contribution in [0.5, 0.6) is 0 Å². The maximum atomic E-state index is 5.59. The van der Waals surface area contributed by atoms with Gasteiger partial charge in [-0.15, -0.1) is 0 Å². The Kier molecular flexibility index (Phi) is 6.21. The van der Waals surface area contributed by atoms with E-state index in [2.05, 4.69) is 196 Å². The molecular formula is C45H31N4-. The van der Waals surface area contributed by atoms with Crippen molar-refractivity contribution in [3.05, 3.63) is 193 Å². The number of hydrogen-bond donors (Lipinski definition) is 0. The molecule has 0 saturated heterocycles. The van der Waals surface area contributed by atoms with E-state index in [0.29, 0.717) is 0 Å². The molecule has 1 unspecified atom stereocenters. The second-order valence-corrected chi connectivity index (χ2v) is 12.6. The smallest absolute Gasteiger partial charge is 0.0658 e. The summed E-state index contributed by atoms with van der Waals surface area (Å²) in [5, 5.41) is 9.24. The lowest BCUT2D eigenvalue weighted by atomic mass is 10.0. The van der Waals surface area contributed by atoms with E-state index in [1.54, 1.807) is 0 Å². The largest absolute Gasteiger partial charge is 0.438 e. The Hall–Kier alpha value is -6.52. The van der Waals surface area contributed by atoms with Gasteiger partial charge in [-0.05, 0) is 76.2 Å². The second kappa shape index (κ2) is 11.0. The zero-order valence-electron chi connectivity index (χ0n) is 26.7. The number of aromatic nitrogens is 2. The van der Waals surface area contributed by atoms with Gasteiger partial charge in [0.1, 0.15) is 0 Å². The van der Waals surface area contributed by atoms with Crippen molar-refractivity contribution in [1.82, 2.24) is 9.13 Å². The summed E-state index contributed by atoms with van der Waals surface area (Å²) in [7, 11) is 0. The third-order valence-electron chi connectivity index (χ3n) is 9.81. The third kappa shape index (κ3) is 4.24. The van der Waals surface area contributed by atoms with Gasteiger partial charge in [0.25, 0.3) is 0 Å². The molecule has 0 amide bonds. The molecule has 1 aliphatic rings. The Morgan fingerprint density at radius 3 is 1.55 bits per heavy atom. The first-order chi connectivity index (χ1) is 24.3. The average molecular weight is 628 g/mol. The van der Waals surface area contributed by atoms with Gasteiger partial charge >= 0.3 is 0 Å². The molecule has 7 aromatic carbocycles. The van der Waals surface area contributed by atoms with E-state index in [-0.39, 0.29) is 6.17 Å². The van der Waals surface area contributed by atoms with Crippen LogP contribution in [0, 0.1) is 0 Å². The fourth-order valence-corrected chi connectivity index (χ4v) is 7.71. The minimum absolute atomic E-state index is 0.217. The molecule has 4 nitrogen and oxygen atoms in total.